The minimum absolute atomic E-state index is 0.811. The van der Waals surface area contributed by atoms with E-state index < -0.39 is 0 Å². The summed E-state index contributed by atoms with van der Waals surface area (Å²) in [6.45, 7) is 14.9. The third kappa shape index (κ3) is 4.57. The molecule has 1 N–H and O–H groups in total. The Morgan fingerprint density at radius 1 is 1.00 bits per heavy atom. The van der Waals surface area contributed by atoms with Crippen molar-refractivity contribution in [1.82, 2.24) is 15.1 Å². The molecule has 2 saturated heterocycles. The zero-order valence-electron chi connectivity index (χ0n) is 11.6. The zero-order chi connectivity index (χ0) is 12.1. The molecule has 0 spiro atoms. The molecule has 2 aliphatic heterocycles. The summed E-state index contributed by atoms with van der Waals surface area (Å²) < 4.78 is 0. The van der Waals surface area contributed by atoms with Gasteiger partial charge in [0.05, 0.1) is 0 Å². The van der Waals surface area contributed by atoms with Crippen LogP contribution in [0.3, 0.4) is 0 Å². The van der Waals surface area contributed by atoms with E-state index in [2.05, 4.69) is 29.0 Å². The Hall–Kier alpha value is -0.120. The van der Waals surface area contributed by atoms with Crippen LogP contribution in [-0.2, 0) is 0 Å². The van der Waals surface area contributed by atoms with Crippen LogP contribution in [0.4, 0.5) is 0 Å². The summed E-state index contributed by atoms with van der Waals surface area (Å²) in [5.41, 5.74) is 0. The van der Waals surface area contributed by atoms with Crippen molar-refractivity contribution in [3.05, 3.63) is 0 Å². The van der Waals surface area contributed by atoms with Gasteiger partial charge in [0, 0.05) is 39.3 Å². The van der Waals surface area contributed by atoms with Crippen LogP contribution in [0.2, 0.25) is 0 Å². The van der Waals surface area contributed by atoms with Crippen molar-refractivity contribution in [2.45, 2.75) is 26.7 Å². The van der Waals surface area contributed by atoms with Crippen LogP contribution < -0.4 is 5.32 Å². The van der Waals surface area contributed by atoms with E-state index in [1.807, 2.05) is 0 Å². The van der Waals surface area contributed by atoms with Gasteiger partial charge in [0.2, 0.25) is 0 Å². The number of nitrogens with one attached hydrogen (secondary N) is 1. The molecule has 2 fully saturated rings. The second-order valence-electron chi connectivity index (χ2n) is 6.19. The quantitative estimate of drug-likeness (QED) is 0.797. The van der Waals surface area contributed by atoms with Gasteiger partial charge in [-0.2, -0.15) is 0 Å². The number of rotatable bonds is 4. The lowest BCUT2D eigenvalue weighted by Crippen LogP contribution is -2.49. The molecule has 0 aliphatic carbocycles. The molecule has 0 bridgehead atoms. The molecule has 3 heteroatoms. The lowest BCUT2D eigenvalue weighted by molar-refractivity contribution is 0.103. The minimum Gasteiger partial charge on any atom is -0.317 e. The summed E-state index contributed by atoms with van der Waals surface area (Å²) in [4.78, 5) is 5.32. The molecular formula is C14H29N3. The van der Waals surface area contributed by atoms with Crippen LogP contribution in [0.25, 0.3) is 0 Å². The largest absolute Gasteiger partial charge is 0.317 e. The Morgan fingerprint density at radius 2 is 1.59 bits per heavy atom. The van der Waals surface area contributed by atoms with Crippen molar-refractivity contribution in [2.75, 3.05) is 52.4 Å². The third-order valence-electron chi connectivity index (χ3n) is 4.06. The van der Waals surface area contributed by atoms with Crippen molar-refractivity contribution < 1.29 is 0 Å². The SMILES string of the molecule is CC(C)CN1CCN(CC2CCNCC2)CC1. The van der Waals surface area contributed by atoms with Crippen LogP contribution in [0.5, 0.6) is 0 Å². The molecular weight excluding hydrogens is 210 g/mol. The molecule has 0 aromatic carbocycles. The summed E-state index contributed by atoms with van der Waals surface area (Å²) in [5, 5.41) is 3.45. The number of hydrogen-bond acceptors (Lipinski definition) is 3. The normalized spacial score (nSPS) is 25.6. The molecule has 2 heterocycles. The van der Waals surface area contributed by atoms with Crippen LogP contribution in [0.15, 0.2) is 0 Å². The fraction of sp³-hybridized carbons (Fsp3) is 1.00. The Bertz CT molecular complexity index is 204. The predicted octanol–water partition coefficient (Wildman–Crippen LogP) is 1.26. The van der Waals surface area contributed by atoms with E-state index in [4.69, 9.17) is 0 Å². The van der Waals surface area contributed by atoms with Gasteiger partial charge in [-0.25, -0.2) is 0 Å². The van der Waals surface area contributed by atoms with Crippen LogP contribution >= 0.6 is 0 Å². The van der Waals surface area contributed by atoms with Gasteiger partial charge in [0.15, 0.2) is 0 Å². The van der Waals surface area contributed by atoms with Gasteiger partial charge >= 0.3 is 0 Å². The summed E-state index contributed by atoms with van der Waals surface area (Å²) in [7, 11) is 0. The minimum atomic E-state index is 0.811. The van der Waals surface area contributed by atoms with E-state index in [0.717, 1.165) is 11.8 Å². The Balaban J connectivity index is 1.64. The van der Waals surface area contributed by atoms with Gasteiger partial charge in [0.1, 0.15) is 0 Å². The van der Waals surface area contributed by atoms with E-state index in [-0.39, 0.29) is 0 Å². The summed E-state index contributed by atoms with van der Waals surface area (Å²) in [5.74, 6) is 1.76. The molecule has 0 unspecified atom stereocenters. The highest BCUT2D eigenvalue weighted by Crippen LogP contribution is 2.15. The fourth-order valence-electron chi connectivity index (χ4n) is 3.10. The number of piperidine rings is 1. The van der Waals surface area contributed by atoms with Crippen molar-refractivity contribution in [1.29, 1.82) is 0 Å². The van der Waals surface area contributed by atoms with Crippen molar-refractivity contribution >= 4 is 0 Å². The highest BCUT2D eigenvalue weighted by atomic mass is 15.3. The first kappa shape index (κ1) is 13.3. The first-order chi connectivity index (χ1) is 8.24. The number of piperazine rings is 1. The third-order valence-corrected chi connectivity index (χ3v) is 4.06. The van der Waals surface area contributed by atoms with Crippen molar-refractivity contribution in [3.8, 4) is 0 Å². The Kier molecular flexibility index (Phi) is 5.26. The van der Waals surface area contributed by atoms with Gasteiger partial charge in [0.25, 0.3) is 0 Å². The topological polar surface area (TPSA) is 18.5 Å². The molecule has 0 atom stereocenters. The van der Waals surface area contributed by atoms with E-state index in [1.165, 1.54) is 65.2 Å². The van der Waals surface area contributed by atoms with Crippen molar-refractivity contribution in [2.24, 2.45) is 11.8 Å². The van der Waals surface area contributed by atoms with Crippen LogP contribution in [-0.4, -0.2) is 62.2 Å². The second-order valence-corrected chi connectivity index (χ2v) is 6.19. The molecule has 17 heavy (non-hydrogen) atoms. The van der Waals surface area contributed by atoms with Crippen LogP contribution in [0.1, 0.15) is 26.7 Å². The van der Waals surface area contributed by atoms with E-state index >= 15 is 0 Å². The highest BCUT2D eigenvalue weighted by Gasteiger charge is 2.21. The molecule has 3 nitrogen and oxygen atoms in total. The van der Waals surface area contributed by atoms with Gasteiger partial charge in [-0.05, 0) is 37.8 Å². The smallest absolute Gasteiger partial charge is 0.0110 e. The first-order valence-corrected chi connectivity index (χ1v) is 7.39. The Labute approximate surface area is 107 Å². The van der Waals surface area contributed by atoms with E-state index in [1.54, 1.807) is 0 Å². The summed E-state index contributed by atoms with van der Waals surface area (Å²) in [6.07, 6.45) is 2.76. The molecule has 0 aromatic heterocycles. The second kappa shape index (κ2) is 6.72. The number of nitrogens with zero attached hydrogens (tertiary/aromatic N) is 2. The molecule has 2 rings (SSSR count). The average Bonchev–Trinajstić information content (AvgIpc) is 2.32. The maximum absolute atomic E-state index is 3.45. The molecule has 2 aliphatic rings. The monoisotopic (exact) mass is 239 g/mol. The zero-order valence-corrected chi connectivity index (χ0v) is 11.6. The van der Waals surface area contributed by atoms with Gasteiger partial charge in [-0.15, -0.1) is 0 Å². The standard InChI is InChI=1S/C14H29N3/c1-13(2)11-16-7-9-17(10-8-16)12-14-3-5-15-6-4-14/h13-15H,3-12H2,1-2H3. The number of hydrogen-bond donors (Lipinski definition) is 1. The van der Waals surface area contributed by atoms with Gasteiger partial charge < -0.3 is 15.1 Å². The average molecular weight is 239 g/mol. The molecule has 0 radical (unpaired) electrons. The Morgan fingerprint density at radius 3 is 2.18 bits per heavy atom. The molecule has 100 valence electrons. The van der Waals surface area contributed by atoms with Crippen molar-refractivity contribution in [3.63, 3.8) is 0 Å². The molecule has 0 saturated carbocycles. The lowest BCUT2D eigenvalue weighted by atomic mass is 9.97. The summed E-state index contributed by atoms with van der Waals surface area (Å²) in [6, 6.07) is 0. The fourth-order valence-corrected chi connectivity index (χ4v) is 3.10. The predicted molar refractivity (Wildman–Crippen MR) is 73.3 cm³/mol. The van der Waals surface area contributed by atoms with Gasteiger partial charge in [-0.1, -0.05) is 13.8 Å². The lowest BCUT2D eigenvalue weighted by Gasteiger charge is -2.37. The first-order valence-electron chi connectivity index (χ1n) is 7.39. The maximum atomic E-state index is 3.45. The highest BCUT2D eigenvalue weighted by molar-refractivity contribution is 4.77. The molecule has 0 amide bonds. The van der Waals surface area contributed by atoms with Crippen LogP contribution in [0, 0.1) is 11.8 Å². The van der Waals surface area contributed by atoms with E-state index in [9.17, 15) is 0 Å². The summed E-state index contributed by atoms with van der Waals surface area (Å²) >= 11 is 0. The molecule has 0 aromatic rings. The van der Waals surface area contributed by atoms with E-state index in [0.29, 0.717) is 0 Å². The van der Waals surface area contributed by atoms with Gasteiger partial charge in [-0.3, -0.25) is 0 Å². The maximum Gasteiger partial charge on any atom is 0.0110 e.